The largest absolute Gasteiger partial charge is 0.508 e. The first-order valence-corrected chi connectivity index (χ1v) is 10.1. The highest BCUT2D eigenvalue weighted by Crippen LogP contribution is 2.30. The monoisotopic (exact) mass is 399 g/mol. The van der Waals surface area contributed by atoms with Gasteiger partial charge in [0, 0.05) is 12.6 Å². The summed E-state index contributed by atoms with van der Waals surface area (Å²) in [5.41, 5.74) is 2.06. The van der Waals surface area contributed by atoms with E-state index in [0.717, 1.165) is 50.0 Å². The van der Waals surface area contributed by atoms with Crippen molar-refractivity contribution in [2.45, 2.75) is 31.9 Å². The van der Waals surface area contributed by atoms with Crippen LogP contribution in [0.25, 0.3) is 11.0 Å². The molecule has 29 heavy (non-hydrogen) atoms. The van der Waals surface area contributed by atoms with E-state index in [4.69, 9.17) is 0 Å². The summed E-state index contributed by atoms with van der Waals surface area (Å²) in [6.45, 7) is 3.30. The molecule has 0 bridgehead atoms. The fourth-order valence-corrected chi connectivity index (χ4v) is 4.25. The highest BCUT2D eigenvalue weighted by Gasteiger charge is 2.26. The van der Waals surface area contributed by atoms with Crippen LogP contribution < -0.4 is 5.69 Å². The molecule has 7 heteroatoms. The quantitative estimate of drug-likeness (QED) is 0.595. The van der Waals surface area contributed by atoms with Crippen molar-refractivity contribution in [3.8, 4) is 5.75 Å². The van der Waals surface area contributed by atoms with Crippen LogP contribution in [-0.2, 0) is 6.54 Å². The molecule has 1 aromatic heterocycles. The number of phenolic OH excluding ortho intramolecular Hbond substituents is 1. The Morgan fingerprint density at radius 3 is 2.55 bits per heavy atom. The topological polar surface area (TPSA) is 81.5 Å². The number of imidazole rings is 1. The van der Waals surface area contributed by atoms with Crippen LogP contribution in [-0.4, -0.2) is 44.3 Å². The second-order valence-electron chi connectivity index (χ2n) is 7.81. The molecule has 1 fully saturated rings. The Bertz CT molecular complexity index is 1020. The summed E-state index contributed by atoms with van der Waals surface area (Å²) in [7, 11) is 0. The number of halogens is 1. The van der Waals surface area contributed by atoms with Gasteiger partial charge in [-0.1, -0.05) is 12.1 Å². The third-order valence-electron chi connectivity index (χ3n) is 5.90. The Hall–Kier alpha value is -2.64. The molecule has 0 aliphatic carbocycles. The standard InChI is InChI=1S/C22H26FN3O3/c23-17-4-2-15(3-5-17)21(28)16-8-12-25(13-9-16)10-1-11-26-20-7-6-18(27)14-19(20)24-22(26)29/h2-7,14,16,21,27-28H,1,8-13H2,(H,24,29). The molecule has 0 spiro atoms. The molecule has 3 aromatic rings. The van der Waals surface area contributed by atoms with Crippen LogP contribution in [0.15, 0.2) is 47.3 Å². The number of nitrogens with zero attached hydrogens (tertiary/aromatic N) is 2. The van der Waals surface area contributed by atoms with E-state index in [1.165, 1.54) is 12.1 Å². The van der Waals surface area contributed by atoms with Crippen LogP contribution in [0.3, 0.4) is 0 Å². The molecule has 1 saturated heterocycles. The van der Waals surface area contributed by atoms with Crippen molar-refractivity contribution in [2.75, 3.05) is 19.6 Å². The van der Waals surface area contributed by atoms with E-state index in [-0.39, 0.29) is 23.2 Å². The summed E-state index contributed by atoms with van der Waals surface area (Å²) in [4.78, 5) is 17.3. The molecular formula is C22H26FN3O3. The number of phenols is 1. The first-order chi connectivity index (χ1) is 14.0. The lowest BCUT2D eigenvalue weighted by Crippen LogP contribution is -2.36. The number of hydrogen-bond donors (Lipinski definition) is 3. The first-order valence-electron chi connectivity index (χ1n) is 10.1. The van der Waals surface area contributed by atoms with E-state index in [2.05, 4.69) is 9.88 Å². The molecule has 6 nitrogen and oxygen atoms in total. The molecule has 0 radical (unpaired) electrons. The Labute approximate surface area is 168 Å². The van der Waals surface area contributed by atoms with E-state index < -0.39 is 6.10 Å². The average molecular weight is 399 g/mol. The molecule has 1 aliphatic rings. The summed E-state index contributed by atoms with van der Waals surface area (Å²) in [6.07, 6.45) is 2.08. The number of aryl methyl sites for hydroxylation is 1. The van der Waals surface area contributed by atoms with Crippen LogP contribution >= 0.6 is 0 Å². The summed E-state index contributed by atoms with van der Waals surface area (Å²) in [5, 5.41) is 20.1. The number of fused-ring (bicyclic) bond motifs is 1. The van der Waals surface area contributed by atoms with Crippen molar-refractivity contribution in [1.82, 2.24) is 14.5 Å². The molecule has 2 aromatic carbocycles. The molecule has 1 unspecified atom stereocenters. The van der Waals surface area contributed by atoms with Crippen LogP contribution in [0.2, 0.25) is 0 Å². The van der Waals surface area contributed by atoms with Gasteiger partial charge in [0.25, 0.3) is 0 Å². The molecular weight excluding hydrogens is 373 g/mol. The van der Waals surface area contributed by atoms with Crippen molar-refractivity contribution < 1.29 is 14.6 Å². The molecule has 154 valence electrons. The molecule has 3 N–H and O–H groups in total. The van der Waals surface area contributed by atoms with E-state index in [1.54, 1.807) is 34.9 Å². The number of hydrogen-bond acceptors (Lipinski definition) is 4. The number of aromatic nitrogens is 2. The molecule has 0 amide bonds. The van der Waals surface area contributed by atoms with Gasteiger partial charge in [0.1, 0.15) is 11.6 Å². The van der Waals surface area contributed by atoms with E-state index in [1.807, 2.05) is 0 Å². The number of aromatic hydroxyl groups is 1. The second kappa shape index (κ2) is 8.39. The van der Waals surface area contributed by atoms with Gasteiger partial charge in [-0.2, -0.15) is 0 Å². The zero-order valence-corrected chi connectivity index (χ0v) is 16.2. The average Bonchev–Trinajstić information content (AvgIpc) is 3.03. The predicted octanol–water partition coefficient (Wildman–Crippen LogP) is 3.01. The zero-order chi connectivity index (χ0) is 20.4. The summed E-state index contributed by atoms with van der Waals surface area (Å²) < 4.78 is 14.8. The van der Waals surface area contributed by atoms with Crippen molar-refractivity contribution in [1.29, 1.82) is 0 Å². The Kier molecular flexibility index (Phi) is 5.69. The van der Waals surface area contributed by atoms with Gasteiger partial charge in [-0.3, -0.25) is 4.57 Å². The van der Waals surface area contributed by atoms with Crippen molar-refractivity contribution in [3.63, 3.8) is 0 Å². The van der Waals surface area contributed by atoms with Crippen LogP contribution in [0.4, 0.5) is 4.39 Å². The number of aromatic amines is 1. The van der Waals surface area contributed by atoms with Gasteiger partial charge in [0.2, 0.25) is 0 Å². The predicted molar refractivity (Wildman–Crippen MR) is 109 cm³/mol. The van der Waals surface area contributed by atoms with Gasteiger partial charge in [0.15, 0.2) is 0 Å². The SMILES string of the molecule is O=c1[nH]c2cc(O)ccc2n1CCCN1CCC(C(O)c2ccc(F)cc2)CC1. The lowest BCUT2D eigenvalue weighted by molar-refractivity contribution is 0.0582. The zero-order valence-electron chi connectivity index (χ0n) is 16.2. The van der Waals surface area contributed by atoms with Gasteiger partial charge < -0.3 is 20.1 Å². The van der Waals surface area contributed by atoms with E-state index in [0.29, 0.717) is 12.1 Å². The van der Waals surface area contributed by atoms with E-state index >= 15 is 0 Å². The number of aliphatic hydroxyl groups excluding tert-OH is 1. The fourth-order valence-electron chi connectivity index (χ4n) is 4.25. The molecule has 1 atom stereocenters. The number of likely N-dealkylation sites (tertiary alicyclic amines) is 1. The van der Waals surface area contributed by atoms with Crippen LogP contribution in [0.5, 0.6) is 5.75 Å². The molecule has 1 aliphatic heterocycles. The van der Waals surface area contributed by atoms with E-state index in [9.17, 15) is 19.4 Å². The van der Waals surface area contributed by atoms with Gasteiger partial charge in [-0.25, -0.2) is 9.18 Å². The maximum atomic E-state index is 13.1. The third-order valence-corrected chi connectivity index (χ3v) is 5.90. The van der Waals surface area contributed by atoms with Crippen LogP contribution in [0.1, 0.15) is 30.9 Å². The third kappa shape index (κ3) is 4.36. The normalized spacial score (nSPS) is 17.0. The number of H-pyrrole nitrogens is 1. The maximum Gasteiger partial charge on any atom is 0.326 e. The summed E-state index contributed by atoms with van der Waals surface area (Å²) >= 11 is 0. The molecule has 0 saturated carbocycles. The number of nitrogens with one attached hydrogen (secondary N) is 1. The van der Waals surface area contributed by atoms with Gasteiger partial charge in [-0.15, -0.1) is 0 Å². The smallest absolute Gasteiger partial charge is 0.326 e. The Morgan fingerprint density at radius 1 is 1.10 bits per heavy atom. The molecule has 2 heterocycles. The number of rotatable bonds is 6. The number of benzene rings is 2. The van der Waals surface area contributed by atoms with Crippen LogP contribution in [0, 0.1) is 11.7 Å². The van der Waals surface area contributed by atoms with Crippen molar-refractivity contribution >= 4 is 11.0 Å². The minimum Gasteiger partial charge on any atom is -0.508 e. The van der Waals surface area contributed by atoms with Crippen molar-refractivity contribution in [3.05, 3.63) is 64.3 Å². The first kappa shape index (κ1) is 19.7. The second-order valence-corrected chi connectivity index (χ2v) is 7.81. The highest BCUT2D eigenvalue weighted by molar-refractivity contribution is 5.76. The minimum atomic E-state index is -0.557. The maximum absolute atomic E-state index is 13.1. The minimum absolute atomic E-state index is 0.136. The lowest BCUT2D eigenvalue weighted by atomic mass is 9.87. The Morgan fingerprint density at radius 2 is 1.83 bits per heavy atom. The van der Waals surface area contributed by atoms with Gasteiger partial charge in [0.05, 0.1) is 17.1 Å². The number of aliphatic hydroxyl groups is 1. The van der Waals surface area contributed by atoms with Crippen molar-refractivity contribution in [2.24, 2.45) is 5.92 Å². The fraction of sp³-hybridized carbons (Fsp3) is 0.409. The Balaban J connectivity index is 1.28. The number of piperidine rings is 1. The lowest BCUT2D eigenvalue weighted by Gasteiger charge is -2.34. The highest BCUT2D eigenvalue weighted by atomic mass is 19.1. The van der Waals surface area contributed by atoms with Gasteiger partial charge in [-0.05, 0) is 74.6 Å². The summed E-state index contributed by atoms with van der Waals surface area (Å²) in [6, 6.07) is 11.0. The van der Waals surface area contributed by atoms with Gasteiger partial charge >= 0.3 is 5.69 Å². The summed E-state index contributed by atoms with van der Waals surface area (Å²) in [5.74, 6) is 0.0269. The molecule has 4 rings (SSSR count).